The molecule has 108 valence electrons. The summed E-state index contributed by atoms with van der Waals surface area (Å²) >= 11 is 0. The van der Waals surface area contributed by atoms with Crippen molar-refractivity contribution in [3.8, 4) is 0 Å². The fourth-order valence-electron chi connectivity index (χ4n) is 3.29. The third kappa shape index (κ3) is 2.77. The molecular weight excluding hydrogens is 252 g/mol. The van der Waals surface area contributed by atoms with Gasteiger partial charge in [0.25, 0.3) is 5.91 Å². The highest BCUT2D eigenvalue weighted by Crippen LogP contribution is 2.24. The Balaban J connectivity index is 1.58. The molecule has 5 nitrogen and oxygen atoms in total. The molecular formula is C15H22N4O. The van der Waals surface area contributed by atoms with Gasteiger partial charge in [-0.1, -0.05) is 18.9 Å². The van der Waals surface area contributed by atoms with Crippen LogP contribution in [0.4, 0.5) is 5.82 Å². The number of anilines is 1. The van der Waals surface area contributed by atoms with Crippen molar-refractivity contribution in [2.24, 2.45) is 0 Å². The fraction of sp³-hybridized carbons (Fsp3) is 0.600. The van der Waals surface area contributed by atoms with Crippen molar-refractivity contribution in [1.82, 2.24) is 14.8 Å². The van der Waals surface area contributed by atoms with Gasteiger partial charge in [0.15, 0.2) is 0 Å². The Hall–Kier alpha value is -1.62. The molecule has 0 aromatic carbocycles. The van der Waals surface area contributed by atoms with Gasteiger partial charge < -0.3 is 10.6 Å². The van der Waals surface area contributed by atoms with E-state index in [1.54, 1.807) is 18.2 Å². The minimum absolute atomic E-state index is 0.00312. The maximum absolute atomic E-state index is 12.4. The van der Waals surface area contributed by atoms with E-state index in [1.165, 1.54) is 25.7 Å². The number of rotatable bonds is 2. The predicted molar refractivity (Wildman–Crippen MR) is 78.4 cm³/mol. The first-order valence-electron chi connectivity index (χ1n) is 7.50. The smallest absolute Gasteiger partial charge is 0.272 e. The third-order valence-corrected chi connectivity index (χ3v) is 4.43. The van der Waals surface area contributed by atoms with Crippen molar-refractivity contribution in [2.75, 3.05) is 31.9 Å². The maximum Gasteiger partial charge on any atom is 0.272 e. The summed E-state index contributed by atoms with van der Waals surface area (Å²) in [6.45, 7) is 3.56. The van der Waals surface area contributed by atoms with Crippen LogP contribution in [0.2, 0.25) is 0 Å². The molecule has 0 spiro atoms. The first-order valence-corrected chi connectivity index (χ1v) is 7.50. The number of nitrogens with zero attached hydrogens (tertiary/aromatic N) is 3. The lowest BCUT2D eigenvalue weighted by atomic mass is 10.1. The summed E-state index contributed by atoms with van der Waals surface area (Å²) in [6, 6.07) is 5.97. The van der Waals surface area contributed by atoms with Crippen LogP contribution in [0.15, 0.2) is 18.2 Å². The molecule has 1 aromatic rings. The monoisotopic (exact) mass is 274 g/mol. The van der Waals surface area contributed by atoms with Gasteiger partial charge in [0, 0.05) is 32.2 Å². The van der Waals surface area contributed by atoms with Gasteiger partial charge in [0.1, 0.15) is 11.5 Å². The molecule has 1 saturated heterocycles. The number of nitrogens with two attached hydrogens (primary N) is 1. The molecule has 0 bridgehead atoms. The SMILES string of the molecule is Nc1cccc(C(=O)N2CCN(C3CCCC3)CC2)n1. The highest BCUT2D eigenvalue weighted by molar-refractivity contribution is 5.92. The number of pyridine rings is 1. The number of hydrogen-bond acceptors (Lipinski definition) is 4. The number of amides is 1. The number of hydrogen-bond donors (Lipinski definition) is 1. The Labute approximate surface area is 119 Å². The zero-order chi connectivity index (χ0) is 13.9. The van der Waals surface area contributed by atoms with Crippen LogP contribution >= 0.6 is 0 Å². The van der Waals surface area contributed by atoms with Crippen molar-refractivity contribution < 1.29 is 4.79 Å². The summed E-state index contributed by atoms with van der Waals surface area (Å²) in [4.78, 5) is 20.9. The lowest BCUT2D eigenvalue weighted by Gasteiger charge is -2.37. The molecule has 0 unspecified atom stereocenters. The second-order valence-corrected chi connectivity index (χ2v) is 5.71. The standard InChI is InChI=1S/C15H22N4O/c16-14-7-3-6-13(17-14)15(20)19-10-8-18(9-11-19)12-4-1-2-5-12/h3,6-7,12H,1-2,4-5,8-11H2,(H2,16,17). The van der Waals surface area contributed by atoms with Crippen LogP contribution in [0.25, 0.3) is 0 Å². The fourth-order valence-corrected chi connectivity index (χ4v) is 3.29. The van der Waals surface area contributed by atoms with Gasteiger partial charge in [-0.3, -0.25) is 9.69 Å². The number of carbonyl (C=O) groups excluding carboxylic acids is 1. The minimum atomic E-state index is 0.00312. The molecule has 2 heterocycles. The van der Waals surface area contributed by atoms with Crippen LogP contribution in [0, 0.1) is 0 Å². The zero-order valence-corrected chi connectivity index (χ0v) is 11.8. The van der Waals surface area contributed by atoms with Gasteiger partial charge in [-0.2, -0.15) is 0 Å². The van der Waals surface area contributed by atoms with Crippen LogP contribution in [0.1, 0.15) is 36.2 Å². The van der Waals surface area contributed by atoms with Crippen molar-refractivity contribution >= 4 is 11.7 Å². The molecule has 2 N–H and O–H groups in total. The lowest BCUT2D eigenvalue weighted by molar-refractivity contribution is 0.0568. The second kappa shape index (κ2) is 5.79. The van der Waals surface area contributed by atoms with E-state index in [0.29, 0.717) is 11.5 Å². The Morgan fingerprint density at radius 3 is 2.50 bits per heavy atom. The van der Waals surface area contributed by atoms with Gasteiger partial charge in [0.05, 0.1) is 0 Å². The maximum atomic E-state index is 12.4. The van der Waals surface area contributed by atoms with Crippen LogP contribution in [-0.2, 0) is 0 Å². The minimum Gasteiger partial charge on any atom is -0.384 e. The quantitative estimate of drug-likeness (QED) is 0.884. The van der Waals surface area contributed by atoms with Gasteiger partial charge in [-0.25, -0.2) is 4.98 Å². The van der Waals surface area contributed by atoms with Crippen LogP contribution in [-0.4, -0.2) is 52.9 Å². The third-order valence-electron chi connectivity index (χ3n) is 4.43. The van der Waals surface area contributed by atoms with Gasteiger partial charge in [0.2, 0.25) is 0 Å². The van der Waals surface area contributed by atoms with E-state index < -0.39 is 0 Å². The summed E-state index contributed by atoms with van der Waals surface area (Å²) in [7, 11) is 0. The summed E-state index contributed by atoms with van der Waals surface area (Å²) in [5.74, 6) is 0.406. The normalized spacial score (nSPS) is 21.3. The van der Waals surface area contributed by atoms with E-state index in [1.807, 2.05) is 4.90 Å². The molecule has 1 aliphatic heterocycles. The van der Waals surface area contributed by atoms with Gasteiger partial charge in [-0.05, 0) is 25.0 Å². The molecule has 3 rings (SSSR count). The summed E-state index contributed by atoms with van der Waals surface area (Å²) in [5.41, 5.74) is 6.10. The molecule has 0 atom stereocenters. The van der Waals surface area contributed by atoms with Gasteiger partial charge >= 0.3 is 0 Å². The highest BCUT2D eigenvalue weighted by atomic mass is 16.2. The van der Waals surface area contributed by atoms with Crippen LogP contribution in [0.5, 0.6) is 0 Å². The lowest BCUT2D eigenvalue weighted by Crippen LogP contribution is -2.51. The highest BCUT2D eigenvalue weighted by Gasteiger charge is 2.28. The molecule has 2 fully saturated rings. The van der Waals surface area contributed by atoms with E-state index in [-0.39, 0.29) is 5.91 Å². The average Bonchev–Trinajstić information content (AvgIpc) is 3.01. The molecule has 5 heteroatoms. The number of aromatic nitrogens is 1. The average molecular weight is 274 g/mol. The van der Waals surface area contributed by atoms with E-state index in [9.17, 15) is 4.79 Å². The molecule has 1 aromatic heterocycles. The molecule has 2 aliphatic rings. The zero-order valence-electron chi connectivity index (χ0n) is 11.8. The summed E-state index contributed by atoms with van der Waals surface area (Å²) < 4.78 is 0. The Bertz CT molecular complexity index is 477. The Morgan fingerprint density at radius 2 is 1.85 bits per heavy atom. The number of nitrogen functional groups attached to an aromatic ring is 1. The molecule has 1 saturated carbocycles. The molecule has 0 radical (unpaired) electrons. The summed E-state index contributed by atoms with van der Waals surface area (Å²) in [5, 5.41) is 0. The second-order valence-electron chi connectivity index (χ2n) is 5.71. The number of piperazine rings is 1. The molecule has 1 amide bonds. The predicted octanol–water partition coefficient (Wildman–Crippen LogP) is 1.36. The van der Waals surface area contributed by atoms with Crippen molar-refractivity contribution in [1.29, 1.82) is 0 Å². The topological polar surface area (TPSA) is 62.5 Å². The summed E-state index contributed by atoms with van der Waals surface area (Å²) in [6.07, 6.45) is 5.36. The largest absolute Gasteiger partial charge is 0.384 e. The van der Waals surface area contributed by atoms with E-state index in [4.69, 9.17) is 5.73 Å². The number of carbonyl (C=O) groups is 1. The van der Waals surface area contributed by atoms with Crippen LogP contribution < -0.4 is 5.73 Å². The molecule has 1 aliphatic carbocycles. The first kappa shape index (κ1) is 13.4. The van der Waals surface area contributed by atoms with Crippen molar-refractivity contribution in [3.63, 3.8) is 0 Å². The van der Waals surface area contributed by atoms with E-state index >= 15 is 0 Å². The van der Waals surface area contributed by atoms with Crippen molar-refractivity contribution in [3.05, 3.63) is 23.9 Å². The van der Waals surface area contributed by atoms with Crippen molar-refractivity contribution in [2.45, 2.75) is 31.7 Å². The molecule has 20 heavy (non-hydrogen) atoms. The Morgan fingerprint density at radius 1 is 1.15 bits per heavy atom. The van der Waals surface area contributed by atoms with Gasteiger partial charge in [-0.15, -0.1) is 0 Å². The van der Waals surface area contributed by atoms with Crippen LogP contribution in [0.3, 0.4) is 0 Å². The first-order chi connectivity index (χ1) is 9.74. The van der Waals surface area contributed by atoms with E-state index in [0.717, 1.165) is 32.2 Å². The Kier molecular flexibility index (Phi) is 3.87. The van der Waals surface area contributed by atoms with E-state index in [2.05, 4.69) is 9.88 Å².